The number of rotatable bonds is 6. The molecule has 1 aliphatic rings. The number of nitrogens with zero attached hydrogens (tertiary/aromatic N) is 1. The maximum absolute atomic E-state index is 12.8. The number of amides is 1. The van der Waals surface area contributed by atoms with Crippen LogP contribution in [-0.2, 0) is 14.8 Å². The van der Waals surface area contributed by atoms with Crippen LogP contribution in [0, 0.1) is 0 Å². The summed E-state index contributed by atoms with van der Waals surface area (Å²) in [6.07, 6.45) is -0.459. The topological polar surface area (TPSA) is 94.2 Å². The van der Waals surface area contributed by atoms with Gasteiger partial charge in [0.1, 0.15) is 23.0 Å². The minimum Gasteiger partial charge on any atom is -0.497 e. The molecule has 0 atom stereocenters. The van der Waals surface area contributed by atoms with E-state index in [9.17, 15) is 13.2 Å². The molecule has 0 aromatic heterocycles. The van der Waals surface area contributed by atoms with E-state index < -0.39 is 16.1 Å². The van der Waals surface area contributed by atoms with Crippen LogP contribution in [0.3, 0.4) is 0 Å². The SMILES string of the molecule is COc1ccc(OC)c(S(=O)(=O)Nc2cccc(N3CCOC3=O)c2)c1. The Morgan fingerprint density at radius 1 is 1.12 bits per heavy atom. The van der Waals surface area contributed by atoms with Gasteiger partial charge < -0.3 is 14.2 Å². The van der Waals surface area contributed by atoms with Crippen molar-refractivity contribution < 1.29 is 27.4 Å². The van der Waals surface area contributed by atoms with Gasteiger partial charge in [0.05, 0.1) is 26.5 Å². The molecule has 1 amide bonds. The molecule has 8 nitrogen and oxygen atoms in total. The zero-order valence-corrected chi connectivity index (χ0v) is 15.1. The fraction of sp³-hybridized carbons (Fsp3) is 0.235. The second kappa shape index (κ2) is 7.12. The minimum absolute atomic E-state index is 0.0506. The van der Waals surface area contributed by atoms with Crippen molar-refractivity contribution in [3.8, 4) is 11.5 Å². The van der Waals surface area contributed by atoms with Gasteiger partial charge in [0, 0.05) is 11.8 Å². The molecule has 1 saturated heterocycles. The van der Waals surface area contributed by atoms with Crippen molar-refractivity contribution in [2.24, 2.45) is 0 Å². The number of benzene rings is 2. The number of ether oxygens (including phenoxy) is 3. The summed E-state index contributed by atoms with van der Waals surface area (Å²) in [5, 5.41) is 0. The monoisotopic (exact) mass is 378 g/mol. The van der Waals surface area contributed by atoms with Gasteiger partial charge in [-0.2, -0.15) is 0 Å². The Hall–Kier alpha value is -2.94. The molecule has 1 aliphatic heterocycles. The van der Waals surface area contributed by atoms with E-state index in [0.717, 1.165) is 0 Å². The summed E-state index contributed by atoms with van der Waals surface area (Å²) in [6, 6.07) is 11.0. The first-order chi connectivity index (χ1) is 12.4. The van der Waals surface area contributed by atoms with Crippen molar-refractivity contribution in [1.82, 2.24) is 0 Å². The summed E-state index contributed by atoms with van der Waals surface area (Å²) < 4.78 is 43.2. The molecule has 0 aliphatic carbocycles. The Bertz CT molecular complexity index is 929. The number of hydrogen-bond donors (Lipinski definition) is 1. The molecule has 2 aromatic rings. The van der Waals surface area contributed by atoms with E-state index >= 15 is 0 Å². The number of sulfonamides is 1. The lowest BCUT2D eigenvalue weighted by Crippen LogP contribution is -2.23. The summed E-state index contributed by atoms with van der Waals surface area (Å²) in [5.74, 6) is 0.581. The van der Waals surface area contributed by atoms with E-state index in [-0.39, 0.29) is 10.6 Å². The number of cyclic esters (lactones) is 1. The maximum Gasteiger partial charge on any atom is 0.414 e. The van der Waals surface area contributed by atoms with E-state index in [1.807, 2.05) is 0 Å². The zero-order valence-electron chi connectivity index (χ0n) is 14.3. The number of anilines is 2. The van der Waals surface area contributed by atoms with Crippen LogP contribution in [0.2, 0.25) is 0 Å². The summed E-state index contributed by atoms with van der Waals surface area (Å²) >= 11 is 0. The van der Waals surface area contributed by atoms with Crippen molar-refractivity contribution in [2.75, 3.05) is 37.0 Å². The normalized spacial score (nSPS) is 14.1. The second-order valence-corrected chi connectivity index (χ2v) is 7.09. The van der Waals surface area contributed by atoms with Crippen LogP contribution in [0.25, 0.3) is 0 Å². The van der Waals surface area contributed by atoms with Crippen molar-refractivity contribution in [3.05, 3.63) is 42.5 Å². The lowest BCUT2D eigenvalue weighted by atomic mass is 10.2. The number of methoxy groups -OCH3 is 2. The molecule has 138 valence electrons. The Morgan fingerprint density at radius 2 is 1.92 bits per heavy atom. The molecule has 1 fully saturated rings. The fourth-order valence-corrected chi connectivity index (χ4v) is 3.80. The van der Waals surface area contributed by atoms with Gasteiger partial charge in [-0.15, -0.1) is 0 Å². The Labute approximate surface area is 151 Å². The van der Waals surface area contributed by atoms with Crippen molar-refractivity contribution in [3.63, 3.8) is 0 Å². The molecular formula is C17H18N2O6S. The summed E-state index contributed by atoms with van der Waals surface area (Å²) in [7, 11) is -1.09. The molecule has 9 heteroatoms. The highest BCUT2D eigenvalue weighted by Gasteiger charge is 2.25. The minimum atomic E-state index is -3.93. The molecule has 2 aromatic carbocycles. The lowest BCUT2D eigenvalue weighted by Gasteiger charge is -2.16. The van der Waals surface area contributed by atoms with Gasteiger partial charge in [-0.1, -0.05) is 6.07 Å². The number of hydrogen-bond acceptors (Lipinski definition) is 6. The van der Waals surface area contributed by atoms with E-state index in [1.165, 1.54) is 31.3 Å². The molecule has 0 bridgehead atoms. The van der Waals surface area contributed by atoms with Crippen LogP contribution in [0.4, 0.5) is 16.2 Å². The Morgan fingerprint density at radius 3 is 2.58 bits per heavy atom. The average Bonchev–Trinajstić information content (AvgIpc) is 3.07. The standard InChI is InChI=1S/C17H18N2O6S/c1-23-14-6-7-15(24-2)16(11-14)26(21,22)18-12-4-3-5-13(10-12)19-8-9-25-17(19)20/h3-7,10-11,18H,8-9H2,1-2H3. The largest absolute Gasteiger partial charge is 0.497 e. The number of carbonyl (C=O) groups excluding carboxylic acids is 1. The van der Waals surface area contributed by atoms with E-state index in [1.54, 1.807) is 30.3 Å². The van der Waals surface area contributed by atoms with Gasteiger partial charge in [0.15, 0.2) is 0 Å². The molecule has 3 rings (SSSR count). The van der Waals surface area contributed by atoms with Gasteiger partial charge in [0.2, 0.25) is 0 Å². The first kappa shape index (κ1) is 17.9. The van der Waals surface area contributed by atoms with E-state index in [4.69, 9.17) is 14.2 Å². The molecule has 0 unspecified atom stereocenters. The van der Waals surface area contributed by atoms with Gasteiger partial charge in [-0.25, -0.2) is 13.2 Å². The van der Waals surface area contributed by atoms with Crippen molar-refractivity contribution in [2.45, 2.75) is 4.90 Å². The van der Waals surface area contributed by atoms with Crippen LogP contribution in [0.1, 0.15) is 0 Å². The predicted octanol–water partition coefficient (Wildman–Crippen LogP) is 2.46. The Kier molecular flexibility index (Phi) is 4.90. The first-order valence-electron chi connectivity index (χ1n) is 7.74. The highest BCUT2D eigenvalue weighted by molar-refractivity contribution is 7.92. The van der Waals surface area contributed by atoms with E-state index in [2.05, 4.69) is 4.72 Å². The third-order valence-corrected chi connectivity index (χ3v) is 5.23. The first-order valence-corrected chi connectivity index (χ1v) is 9.22. The molecule has 0 radical (unpaired) electrons. The Balaban J connectivity index is 1.92. The van der Waals surface area contributed by atoms with Gasteiger partial charge >= 0.3 is 6.09 Å². The van der Waals surface area contributed by atoms with Crippen molar-refractivity contribution >= 4 is 27.5 Å². The summed E-state index contributed by atoms with van der Waals surface area (Å²) in [6.45, 7) is 0.717. The second-order valence-electron chi connectivity index (χ2n) is 5.44. The van der Waals surface area contributed by atoms with E-state index in [0.29, 0.717) is 30.3 Å². The average molecular weight is 378 g/mol. The van der Waals surface area contributed by atoms with Gasteiger partial charge in [0.25, 0.3) is 10.0 Å². The van der Waals surface area contributed by atoms with Gasteiger partial charge in [-0.05, 0) is 30.3 Å². The van der Waals surface area contributed by atoms with Crippen LogP contribution >= 0.6 is 0 Å². The van der Waals surface area contributed by atoms with Crippen LogP contribution < -0.4 is 19.1 Å². The molecule has 0 spiro atoms. The predicted molar refractivity (Wildman–Crippen MR) is 95.5 cm³/mol. The van der Waals surface area contributed by atoms with Gasteiger partial charge in [-0.3, -0.25) is 9.62 Å². The third kappa shape index (κ3) is 3.52. The zero-order chi connectivity index (χ0) is 18.7. The number of nitrogens with one attached hydrogen (secondary N) is 1. The highest BCUT2D eigenvalue weighted by atomic mass is 32.2. The molecule has 1 heterocycles. The van der Waals surface area contributed by atoms with Crippen molar-refractivity contribution in [1.29, 1.82) is 0 Å². The molecular weight excluding hydrogens is 360 g/mol. The van der Waals surface area contributed by atoms with Crippen LogP contribution in [0.15, 0.2) is 47.4 Å². The summed E-state index contributed by atoms with van der Waals surface area (Å²) in [4.78, 5) is 13.1. The fourth-order valence-electron chi connectivity index (χ4n) is 2.57. The smallest absolute Gasteiger partial charge is 0.414 e. The highest BCUT2D eigenvalue weighted by Crippen LogP contribution is 2.30. The molecule has 1 N–H and O–H groups in total. The third-order valence-electron chi connectivity index (χ3n) is 3.83. The van der Waals surface area contributed by atoms with Crippen LogP contribution in [0.5, 0.6) is 11.5 Å². The van der Waals surface area contributed by atoms with Crippen LogP contribution in [-0.4, -0.2) is 41.9 Å². The maximum atomic E-state index is 12.8. The molecule has 0 saturated carbocycles. The lowest BCUT2D eigenvalue weighted by molar-refractivity contribution is 0.181. The quantitative estimate of drug-likeness (QED) is 0.830. The number of carbonyl (C=O) groups is 1. The molecule has 26 heavy (non-hydrogen) atoms. The summed E-state index contributed by atoms with van der Waals surface area (Å²) in [5.41, 5.74) is 0.859.